The molecule has 0 bridgehead atoms. The van der Waals surface area contributed by atoms with Crippen molar-refractivity contribution in [3.8, 4) is 11.1 Å². The number of thiophene rings is 1. The highest BCUT2D eigenvalue weighted by atomic mass is 35.5. The molecule has 1 N–H and O–H groups in total. The summed E-state index contributed by atoms with van der Waals surface area (Å²) in [5, 5.41) is 8.05. The zero-order valence-corrected chi connectivity index (χ0v) is 16.5. The van der Waals surface area contributed by atoms with Gasteiger partial charge in [0, 0.05) is 36.3 Å². The van der Waals surface area contributed by atoms with E-state index in [1.807, 2.05) is 0 Å². The zero-order chi connectivity index (χ0) is 18.6. The van der Waals surface area contributed by atoms with E-state index in [2.05, 4.69) is 51.3 Å². The number of benzene rings is 2. The van der Waals surface area contributed by atoms with Gasteiger partial charge in [0.1, 0.15) is 0 Å². The predicted molar refractivity (Wildman–Crippen MR) is 112 cm³/mol. The second kappa shape index (κ2) is 8.26. The van der Waals surface area contributed by atoms with Gasteiger partial charge in [-0.2, -0.15) is 11.3 Å². The molecule has 0 saturated carbocycles. The number of carbonyl (C=O) groups excluding carboxylic acids is 1. The fourth-order valence-electron chi connectivity index (χ4n) is 3.45. The molecular weight excluding hydrogens is 376 g/mol. The van der Waals surface area contributed by atoms with Crippen LogP contribution in [0.2, 0.25) is 5.02 Å². The smallest absolute Gasteiger partial charge is 0.251 e. The van der Waals surface area contributed by atoms with E-state index >= 15 is 0 Å². The van der Waals surface area contributed by atoms with Crippen LogP contribution in [0.4, 0.5) is 0 Å². The van der Waals surface area contributed by atoms with Gasteiger partial charge in [-0.05, 0) is 64.2 Å². The fraction of sp³-hybridized carbons (Fsp3) is 0.227. The summed E-state index contributed by atoms with van der Waals surface area (Å²) in [6, 6.07) is 18.1. The lowest BCUT2D eigenvalue weighted by Gasteiger charge is -2.17. The highest BCUT2D eigenvalue weighted by Crippen LogP contribution is 2.23. The number of nitrogens with one attached hydrogen (secondary N) is 1. The van der Waals surface area contributed by atoms with Crippen LogP contribution < -0.4 is 5.32 Å². The SMILES string of the molecule is O=C(NC1CCN(Cc2ccc(-c3ccsc3)cc2)C1)c1ccc(Cl)cc1. The Balaban J connectivity index is 1.30. The molecule has 5 heteroatoms. The van der Waals surface area contributed by atoms with E-state index in [1.165, 1.54) is 16.7 Å². The second-order valence-electron chi connectivity index (χ2n) is 6.91. The predicted octanol–water partition coefficient (Wildman–Crippen LogP) is 5.07. The Morgan fingerprint density at radius 1 is 1.07 bits per heavy atom. The number of amides is 1. The molecule has 1 amide bonds. The van der Waals surface area contributed by atoms with E-state index in [9.17, 15) is 4.79 Å². The normalized spacial score (nSPS) is 17.1. The van der Waals surface area contributed by atoms with E-state index in [-0.39, 0.29) is 11.9 Å². The third-order valence-corrected chi connectivity index (χ3v) is 5.86. The van der Waals surface area contributed by atoms with Crippen LogP contribution in [0, 0.1) is 0 Å². The Labute approximate surface area is 168 Å². The van der Waals surface area contributed by atoms with Crippen LogP contribution >= 0.6 is 22.9 Å². The summed E-state index contributed by atoms with van der Waals surface area (Å²) in [5.41, 5.74) is 4.49. The van der Waals surface area contributed by atoms with E-state index in [1.54, 1.807) is 35.6 Å². The number of hydrogen-bond acceptors (Lipinski definition) is 3. The molecule has 0 aliphatic carbocycles. The van der Waals surface area contributed by atoms with Crippen molar-refractivity contribution in [2.75, 3.05) is 13.1 Å². The Morgan fingerprint density at radius 2 is 1.85 bits per heavy atom. The average molecular weight is 397 g/mol. The van der Waals surface area contributed by atoms with Gasteiger partial charge in [-0.15, -0.1) is 0 Å². The van der Waals surface area contributed by atoms with Crippen molar-refractivity contribution in [1.82, 2.24) is 10.2 Å². The maximum atomic E-state index is 12.4. The molecule has 27 heavy (non-hydrogen) atoms. The quantitative estimate of drug-likeness (QED) is 0.652. The molecule has 138 valence electrons. The minimum atomic E-state index is -0.0290. The molecule has 3 nitrogen and oxygen atoms in total. The molecule has 1 aliphatic heterocycles. The molecule has 4 rings (SSSR count). The molecule has 1 aromatic heterocycles. The minimum absolute atomic E-state index is 0.0290. The van der Waals surface area contributed by atoms with E-state index in [0.717, 1.165) is 26.1 Å². The van der Waals surface area contributed by atoms with Gasteiger partial charge in [0.15, 0.2) is 0 Å². The molecule has 3 aromatic rings. The van der Waals surface area contributed by atoms with Gasteiger partial charge in [-0.3, -0.25) is 9.69 Å². The Bertz CT molecular complexity index is 891. The van der Waals surface area contributed by atoms with Gasteiger partial charge in [0.2, 0.25) is 0 Å². The lowest BCUT2D eigenvalue weighted by atomic mass is 10.1. The first kappa shape index (κ1) is 18.2. The molecule has 1 fully saturated rings. The number of carbonyl (C=O) groups is 1. The number of hydrogen-bond donors (Lipinski definition) is 1. The lowest BCUT2D eigenvalue weighted by Crippen LogP contribution is -2.36. The van der Waals surface area contributed by atoms with Crippen molar-refractivity contribution >= 4 is 28.8 Å². The molecule has 1 unspecified atom stereocenters. The monoisotopic (exact) mass is 396 g/mol. The summed E-state index contributed by atoms with van der Waals surface area (Å²) in [4.78, 5) is 14.8. The molecule has 1 saturated heterocycles. The maximum Gasteiger partial charge on any atom is 0.251 e. The van der Waals surface area contributed by atoms with Crippen LogP contribution in [0.25, 0.3) is 11.1 Å². The minimum Gasteiger partial charge on any atom is -0.348 e. The second-order valence-corrected chi connectivity index (χ2v) is 8.13. The van der Waals surface area contributed by atoms with Crippen molar-refractivity contribution in [2.45, 2.75) is 19.0 Å². The van der Waals surface area contributed by atoms with Gasteiger partial charge < -0.3 is 5.32 Å². The Kier molecular flexibility index (Phi) is 5.58. The van der Waals surface area contributed by atoms with Crippen LogP contribution in [0.15, 0.2) is 65.4 Å². The van der Waals surface area contributed by atoms with E-state index in [0.29, 0.717) is 10.6 Å². The Morgan fingerprint density at radius 3 is 2.56 bits per heavy atom. The average Bonchev–Trinajstić information content (AvgIpc) is 3.35. The van der Waals surface area contributed by atoms with E-state index < -0.39 is 0 Å². The first-order chi connectivity index (χ1) is 13.2. The highest BCUT2D eigenvalue weighted by molar-refractivity contribution is 7.08. The first-order valence-corrected chi connectivity index (χ1v) is 10.4. The molecule has 0 spiro atoms. The fourth-order valence-corrected chi connectivity index (χ4v) is 4.24. The van der Waals surface area contributed by atoms with Crippen LogP contribution in [0.3, 0.4) is 0 Å². The van der Waals surface area contributed by atoms with Crippen LogP contribution in [-0.2, 0) is 6.54 Å². The molecule has 1 aliphatic rings. The van der Waals surface area contributed by atoms with Crippen LogP contribution in [-0.4, -0.2) is 29.9 Å². The summed E-state index contributed by atoms with van der Waals surface area (Å²) in [6.07, 6.45) is 0.978. The van der Waals surface area contributed by atoms with Crippen molar-refractivity contribution in [3.05, 3.63) is 81.5 Å². The van der Waals surface area contributed by atoms with Crippen LogP contribution in [0.1, 0.15) is 22.3 Å². The molecule has 0 radical (unpaired) electrons. The van der Waals surface area contributed by atoms with Gasteiger partial charge in [0.05, 0.1) is 0 Å². The van der Waals surface area contributed by atoms with Gasteiger partial charge in [-0.1, -0.05) is 35.9 Å². The van der Waals surface area contributed by atoms with Gasteiger partial charge >= 0.3 is 0 Å². The zero-order valence-electron chi connectivity index (χ0n) is 14.9. The van der Waals surface area contributed by atoms with Crippen molar-refractivity contribution in [2.24, 2.45) is 0 Å². The van der Waals surface area contributed by atoms with Crippen LogP contribution in [0.5, 0.6) is 0 Å². The van der Waals surface area contributed by atoms with Gasteiger partial charge in [-0.25, -0.2) is 0 Å². The van der Waals surface area contributed by atoms with Crippen molar-refractivity contribution < 1.29 is 4.79 Å². The summed E-state index contributed by atoms with van der Waals surface area (Å²) in [6.45, 7) is 2.79. The topological polar surface area (TPSA) is 32.3 Å². The summed E-state index contributed by atoms with van der Waals surface area (Å²) in [5.74, 6) is -0.0290. The molecule has 1 atom stereocenters. The van der Waals surface area contributed by atoms with Gasteiger partial charge in [0.25, 0.3) is 5.91 Å². The molecule has 2 heterocycles. The summed E-state index contributed by atoms with van der Waals surface area (Å²) in [7, 11) is 0. The number of likely N-dealkylation sites (tertiary alicyclic amines) is 1. The third kappa shape index (κ3) is 4.59. The highest BCUT2D eigenvalue weighted by Gasteiger charge is 2.24. The molecular formula is C22H21ClN2OS. The largest absolute Gasteiger partial charge is 0.348 e. The van der Waals surface area contributed by atoms with Crippen molar-refractivity contribution in [1.29, 1.82) is 0 Å². The number of halogens is 1. The number of nitrogens with zero attached hydrogens (tertiary/aromatic N) is 1. The van der Waals surface area contributed by atoms with Crippen molar-refractivity contribution in [3.63, 3.8) is 0 Å². The number of rotatable bonds is 5. The van der Waals surface area contributed by atoms with E-state index in [4.69, 9.17) is 11.6 Å². The maximum absolute atomic E-state index is 12.4. The standard InChI is InChI=1S/C22H21ClN2OS/c23-20-7-5-18(6-8-20)22(26)24-21-9-11-25(14-21)13-16-1-3-17(4-2-16)19-10-12-27-15-19/h1-8,10,12,15,21H,9,11,13-14H2,(H,24,26). The Hall–Kier alpha value is -2.14. The molecule has 2 aromatic carbocycles. The lowest BCUT2D eigenvalue weighted by molar-refractivity contribution is 0.0937. The first-order valence-electron chi connectivity index (χ1n) is 9.08. The third-order valence-electron chi connectivity index (χ3n) is 4.93. The summed E-state index contributed by atoms with van der Waals surface area (Å²) >= 11 is 7.60. The summed E-state index contributed by atoms with van der Waals surface area (Å²) < 4.78 is 0.